The second-order valence-corrected chi connectivity index (χ2v) is 12.3. The Morgan fingerprint density at radius 2 is 1.68 bits per heavy atom. The van der Waals surface area contributed by atoms with Crippen LogP contribution < -0.4 is 19.1 Å². The summed E-state index contributed by atoms with van der Waals surface area (Å²) in [6.45, 7) is 3.40. The summed E-state index contributed by atoms with van der Waals surface area (Å²) in [5, 5.41) is 3.49. The minimum atomic E-state index is -3.90. The van der Waals surface area contributed by atoms with Crippen molar-refractivity contribution in [2.75, 3.05) is 23.9 Å². The molecule has 41 heavy (non-hydrogen) atoms. The number of halogens is 1. The van der Waals surface area contributed by atoms with Crippen LogP contribution in [0, 0.1) is 0 Å². The summed E-state index contributed by atoms with van der Waals surface area (Å²) in [5.41, 5.74) is 1.81. The van der Waals surface area contributed by atoms with Gasteiger partial charge in [0.2, 0.25) is 28.6 Å². The van der Waals surface area contributed by atoms with Gasteiger partial charge in [-0.1, -0.05) is 61.0 Å². The lowest BCUT2D eigenvalue weighted by atomic mass is 10.0. The van der Waals surface area contributed by atoms with Crippen molar-refractivity contribution in [1.29, 1.82) is 0 Å². The van der Waals surface area contributed by atoms with E-state index in [1.54, 1.807) is 30.3 Å². The Bertz CT molecular complexity index is 1480. The molecule has 0 saturated heterocycles. The molecule has 218 valence electrons. The zero-order valence-electron chi connectivity index (χ0n) is 23.2. The summed E-state index contributed by atoms with van der Waals surface area (Å²) in [6, 6.07) is 20.0. The molecule has 1 aliphatic rings. The molecule has 0 fully saturated rings. The molecular weight excluding hydrogens is 566 g/mol. The molecule has 1 heterocycles. The molecule has 0 saturated carbocycles. The smallest absolute Gasteiger partial charge is 0.244 e. The minimum absolute atomic E-state index is 0.0243. The minimum Gasteiger partial charge on any atom is -0.454 e. The molecule has 4 rings (SSSR count). The highest BCUT2D eigenvalue weighted by Gasteiger charge is 2.34. The maximum absolute atomic E-state index is 14.1. The van der Waals surface area contributed by atoms with Crippen LogP contribution in [0.5, 0.6) is 11.5 Å². The fourth-order valence-corrected chi connectivity index (χ4v) is 5.54. The van der Waals surface area contributed by atoms with Gasteiger partial charge in [-0.15, -0.1) is 0 Å². The van der Waals surface area contributed by atoms with E-state index in [4.69, 9.17) is 21.1 Å². The van der Waals surface area contributed by atoms with Crippen LogP contribution in [-0.4, -0.2) is 56.8 Å². The fourth-order valence-electron chi connectivity index (χ4n) is 4.48. The molecule has 0 aromatic heterocycles. The number of carbonyl (C=O) groups is 2. The van der Waals surface area contributed by atoms with Crippen LogP contribution in [-0.2, 0) is 32.6 Å². The third-order valence-electron chi connectivity index (χ3n) is 6.84. The van der Waals surface area contributed by atoms with Crippen LogP contribution in [0.2, 0.25) is 5.02 Å². The lowest BCUT2D eigenvalue weighted by Gasteiger charge is -2.34. The molecule has 0 radical (unpaired) electrons. The summed E-state index contributed by atoms with van der Waals surface area (Å²) < 4.78 is 37.7. The number of fused-ring (bicyclic) bond motifs is 1. The number of benzene rings is 3. The number of nitrogens with zero attached hydrogens (tertiary/aromatic N) is 2. The van der Waals surface area contributed by atoms with E-state index in [0.29, 0.717) is 28.5 Å². The number of ether oxygens (including phenoxy) is 2. The zero-order valence-corrected chi connectivity index (χ0v) is 24.8. The average molecular weight is 600 g/mol. The Labute approximate surface area is 246 Å². The van der Waals surface area contributed by atoms with E-state index in [2.05, 4.69) is 5.32 Å². The van der Waals surface area contributed by atoms with E-state index in [0.717, 1.165) is 16.1 Å². The normalized spacial score (nSPS) is 13.8. The largest absolute Gasteiger partial charge is 0.454 e. The van der Waals surface area contributed by atoms with Crippen LogP contribution in [0.3, 0.4) is 0 Å². The summed E-state index contributed by atoms with van der Waals surface area (Å²) >= 11 is 6.25. The Hall–Kier alpha value is -3.76. The van der Waals surface area contributed by atoms with Gasteiger partial charge < -0.3 is 19.7 Å². The maximum atomic E-state index is 14.1. The van der Waals surface area contributed by atoms with Crippen molar-refractivity contribution in [3.05, 3.63) is 88.9 Å². The monoisotopic (exact) mass is 599 g/mol. The van der Waals surface area contributed by atoms with Gasteiger partial charge in [-0.3, -0.25) is 13.9 Å². The number of rotatable bonds is 12. The second-order valence-electron chi connectivity index (χ2n) is 9.98. The zero-order chi connectivity index (χ0) is 29.6. The Morgan fingerprint density at radius 1 is 0.976 bits per heavy atom. The number of amides is 2. The molecule has 3 aromatic rings. The molecule has 3 aromatic carbocycles. The highest BCUT2D eigenvalue weighted by atomic mass is 35.5. The topological polar surface area (TPSA) is 105 Å². The summed E-state index contributed by atoms with van der Waals surface area (Å²) in [5.74, 6) is -0.00381. The first kappa shape index (κ1) is 30.2. The van der Waals surface area contributed by atoms with Crippen molar-refractivity contribution in [3.8, 4) is 11.5 Å². The van der Waals surface area contributed by atoms with Crippen molar-refractivity contribution >= 4 is 39.1 Å². The van der Waals surface area contributed by atoms with Crippen molar-refractivity contribution in [1.82, 2.24) is 10.2 Å². The number of anilines is 1. The average Bonchev–Trinajstić information content (AvgIpc) is 3.41. The summed E-state index contributed by atoms with van der Waals surface area (Å²) in [6.07, 6.45) is 1.97. The molecule has 0 aliphatic carbocycles. The number of hydrogen-bond acceptors (Lipinski definition) is 6. The van der Waals surface area contributed by atoms with Crippen molar-refractivity contribution in [2.45, 2.75) is 45.3 Å². The van der Waals surface area contributed by atoms with E-state index in [1.807, 2.05) is 50.2 Å². The number of sulfonamides is 1. The fraction of sp³-hybridized carbons (Fsp3) is 0.333. The predicted octanol–water partition coefficient (Wildman–Crippen LogP) is 4.39. The Balaban J connectivity index is 1.73. The molecule has 2 unspecified atom stereocenters. The van der Waals surface area contributed by atoms with Crippen LogP contribution in [0.1, 0.15) is 31.4 Å². The van der Waals surface area contributed by atoms with Crippen LogP contribution in [0.25, 0.3) is 0 Å². The molecule has 1 aliphatic heterocycles. The molecule has 9 nitrogen and oxygen atoms in total. The van der Waals surface area contributed by atoms with E-state index >= 15 is 0 Å². The van der Waals surface area contributed by atoms with Crippen molar-refractivity contribution in [3.63, 3.8) is 0 Å². The van der Waals surface area contributed by atoms with Crippen LogP contribution in [0.15, 0.2) is 72.8 Å². The highest BCUT2D eigenvalue weighted by Crippen LogP contribution is 2.36. The number of carbonyl (C=O) groups excluding carboxylic acids is 2. The van der Waals surface area contributed by atoms with Crippen molar-refractivity contribution in [2.24, 2.45) is 0 Å². The number of hydrogen-bond donors (Lipinski definition) is 1. The van der Waals surface area contributed by atoms with E-state index < -0.39 is 28.5 Å². The standard InChI is InChI=1S/C30H34ClN3O6S/c1-4-21(2)32-30(36)26(16-22-9-6-5-7-10-22)33(18-23-11-8-12-24(31)15-23)29(35)19-34(41(3,37)38)25-13-14-27-28(17-25)40-20-39-27/h5-15,17,21,26H,4,16,18-20H2,1-3H3,(H,32,36). The molecule has 2 atom stereocenters. The SMILES string of the molecule is CCC(C)NC(=O)C(Cc1ccccc1)N(Cc1cccc(Cl)c1)C(=O)CN(c1ccc2c(c1)OCO2)S(C)(=O)=O. The molecule has 0 bridgehead atoms. The van der Waals surface area contributed by atoms with Gasteiger partial charge in [0, 0.05) is 30.1 Å². The Morgan fingerprint density at radius 3 is 2.37 bits per heavy atom. The first-order valence-corrected chi connectivity index (χ1v) is 15.5. The number of nitrogens with one attached hydrogen (secondary N) is 1. The van der Waals surface area contributed by atoms with E-state index in [9.17, 15) is 18.0 Å². The van der Waals surface area contributed by atoms with Gasteiger partial charge >= 0.3 is 0 Å². The molecule has 2 amide bonds. The maximum Gasteiger partial charge on any atom is 0.244 e. The van der Waals surface area contributed by atoms with Crippen LogP contribution >= 0.6 is 11.6 Å². The predicted molar refractivity (Wildman–Crippen MR) is 159 cm³/mol. The molecule has 11 heteroatoms. The first-order chi connectivity index (χ1) is 19.5. The van der Waals surface area contributed by atoms with E-state index in [-0.39, 0.29) is 37.4 Å². The van der Waals surface area contributed by atoms with Gasteiger partial charge in [-0.05, 0) is 48.7 Å². The lowest BCUT2D eigenvalue weighted by Crippen LogP contribution is -2.54. The Kier molecular flexibility index (Phi) is 9.77. The van der Waals surface area contributed by atoms with E-state index in [1.165, 1.54) is 11.0 Å². The third kappa shape index (κ3) is 7.92. The van der Waals surface area contributed by atoms with Gasteiger partial charge in [0.15, 0.2) is 11.5 Å². The van der Waals surface area contributed by atoms with Gasteiger partial charge in [-0.25, -0.2) is 8.42 Å². The lowest BCUT2D eigenvalue weighted by molar-refractivity contribution is -0.140. The van der Waals surface area contributed by atoms with Crippen molar-refractivity contribution < 1.29 is 27.5 Å². The molecule has 0 spiro atoms. The van der Waals surface area contributed by atoms with Gasteiger partial charge in [-0.2, -0.15) is 0 Å². The van der Waals surface area contributed by atoms with Gasteiger partial charge in [0.25, 0.3) is 0 Å². The highest BCUT2D eigenvalue weighted by molar-refractivity contribution is 7.92. The molecule has 1 N–H and O–H groups in total. The summed E-state index contributed by atoms with van der Waals surface area (Å²) in [4.78, 5) is 29.3. The molecular formula is C30H34ClN3O6S. The summed E-state index contributed by atoms with van der Waals surface area (Å²) in [7, 11) is -3.90. The van der Waals surface area contributed by atoms with Gasteiger partial charge in [0.1, 0.15) is 12.6 Å². The van der Waals surface area contributed by atoms with Gasteiger partial charge in [0.05, 0.1) is 11.9 Å². The third-order valence-corrected chi connectivity index (χ3v) is 8.21. The first-order valence-electron chi connectivity index (χ1n) is 13.3. The quantitative estimate of drug-likeness (QED) is 0.331. The van der Waals surface area contributed by atoms with Crippen LogP contribution in [0.4, 0.5) is 5.69 Å². The second kappa shape index (κ2) is 13.3.